The van der Waals surface area contributed by atoms with Gasteiger partial charge >= 0.3 is 161 Å². The predicted octanol–water partition coefficient (Wildman–Crippen LogP) is -1.29. The molecule has 5 rings (SSSR count). The smallest absolute Gasteiger partial charge is 1.00 e. The second kappa shape index (κ2) is 9.51. The summed E-state index contributed by atoms with van der Waals surface area (Å²) >= 11 is -1.59. The molecule has 1 amide bonds. The van der Waals surface area contributed by atoms with Gasteiger partial charge in [0, 0.05) is 0 Å². The van der Waals surface area contributed by atoms with Crippen LogP contribution in [0, 0.1) is 29.6 Å². The number of carbonyl (C=O) groups excluding carboxylic acids is 1. The third-order valence-electron chi connectivity index (χ3n) is 7.44. The first-order chi connectivity index (χ1) is 12.0. The molecule has 4 saturated carbocycles. The van der Waals surface area contributed by atoms with Crippen LogP contribution in [0.25, 0.3) is 0 Å². The quantitative estimate of drug-likeness (QED) is 0.506. The number of hydrogen-bond acceptors (Lipinski definition) is 1. The summed E-state index contributed by atoms with van der Waals surface area (Å²) in [4.78, 5) is 13.3. The van der Waals surface area contributed by atoms with Gasteiger partial charge in [0.1, 0.15) is 0 Å². The van der Waals surface area contributed by atoms with Crippen molar-refractivity contribution in [3.63, 3.8) is 0 Å². The summed E-state index contributed by atoms with van der Waals surface area (Å²) in [7, 11) is 0. The summed E-state index contributed by atoms with van der Waals surface area (Å²) in [6.07, 6.45) is 11.7. The molecule has 0 saturated heterocycles. The Kier molecular flexibility index (Phi) is 8.36. The Labute approximate surface area is 185 Å². The maximum Gasteiger partial charge on any atom is -1.00 e. The Balaban J connectivity index is 0.00000131. The number of allylic oxidation sites excluding steroid dienone is 4. The van der Waals surface area contributed by atoms with E-state index in [-0.39, 0.29) is 24.8 Å². The molecular weight excluding hydrogens is 429 g/mol. The van der Waals surface area contributed by atoms with Gasteiger partial charge in [-0.25, -0.2) is 0 Å². The van der Waals surface area contributed by atoms with Crippen molar-refractivity contribution in [2.45, 2.75) is 71.9 Å². The van der Waals surface area contributed by atoms with Crippen LogP contribution in [0.3, 0.4) is 0 Å². The molecule has 5 aliphatic carbocycles. The minimum atomic E-state index is -1.59. The van der Waals surface area contributed by atoms with Crippen LogP contribution >= 0.6 is 0 Å². The van der Waals surface area contributed by atoms with Crippen LogP contribution in [-0.2, 0) is 22.2 Å². The van der Waals surface area contributed by atoms with E-state index in [1.807, 2.05) is 0 Å². The second-order valence-corrected chi connectivity index (χ2v) is 22.3. The van der Waals surface area contributed by atoms with Gasteiger partial charge in [0.15, 0.2) is 0 Å². The van der Waals surface area contributed by atoms with Gasteiger partial charge in [0.25, 0.3) is 0 Å². The minimum absolute atomic E-state index is 0. The third-order valence-corrected chi connectivity index (χ3v) is 18.5. The van der Waals surface area contributed by atoms with Gasteiger partial charge in [0.2, 0.25) is 0 Å². The van der Waals surface area contributed by atoms with Crippen molar-refractivity contribution in [3.05, 3.63) is 21.1 Å². The van der Waals surface area contributed by atoms with Gasteiger partial charge in [-0.2, -0.15) is 0 Å². The molecular formula is C21H34Cl2NOSiTi. The standard InChI is InChI=1S/C11H17NO.C8H11.C2H7Si.2ClH.Ti/c12-11(13)10-8-2-6-1-7(4-8)5-9(10)3-6;1-3-8-6-4-5-7(8)2;1-3-2;;;/h6-10H,1-5H2,(H2,12,13);6H,3,5H2,1-2H3;3H,1-2H3;2*1H;/q;;;;;+3/p-3. The molecule has 0 radical (unpaired) electrons. The van der Waals surface area contributed by atoms with Gasteiger partial charge < -0.3 is 24.8 Å². The molecule has 0 aromatic rings. The van der Waals surface area contributed by atoms with Crippen molar-refractivity contribution in [2.24, 2.45) is 29.6 Å². The van der Waals surface area contributed by atoms with Crippen molar-refractivity contribution < 1.29 is 47.0 Å². The molecule has 4 bridgehead atoms. The van der Waals surface area contributed by atoms with E-state index < -0.39 is 24.0 Å². The van der Waals surface area contributed by atoms with Crippen LogP contribution < -0.4 is 28.6 Å². The molecule has 0 aliphatic heterocycles. The van der Waals surface area contributed by atoms with Crippen molar-refractivity contribution in [1.82, 2.24) is 3.80 Å². The molecule has 4 fully saturated rings. The van der Waals surface area contributed by atoms with E-state index in [4.69, 9.17) is 0 Å². The number of halogens is 2. The van der Waals surface area contributed by atoms with Crippen LogP contribution in [0.5, 0.6) is 0 Å². The largest absolute Gasteiger partial charge is 1.00 e. The van der Waals surface area contributed by atoms with Crippen LogP contribution in [0.15, 0.2) is 21.1 Å². The summed E-state index contributed by atoms with van der Waals surface area (Å²) < 4.78 is 5.41. The van der Waals surface area contributed by atoms with Crippen molar-refractivity contribution >= 4 is 12.6 Å². The first kappa shape index (κ1) is 23.7. The van der Waals surface area contributed by atoms with Gasteiger partial charge in [0.05, 0.1) is 0 Å². The van der Waals surface area contributed by atoms with Gasteiger partial charge in [-0.05, 0) is 0 Å². The van der Waals surface area contributed by atoms with Gasteiger partial charge in [-0.15, -0.1) is 0 Å². The molecule has 6 heteroatoms. The average Bonchev–Trinajstić information content (AvgIpc) is 2.91. The van der Waals surface area contributed by atoms with Gasteiger partial charge in [-0.3, -0.25) is 0 Å². The second-order valence-electron chi connectivity index (χ2n) is 9.52. The van der Waals surface area contributed by atoms with Crippen molar-refractivity contribution in [1.29, 1.82) is 0 Å². The van der Waals surface area contributed by atoms with Crippen molar-refractivity contribution in [2.75, 3.05) is 0 Å². The normalized spacial score (nSPS) is 33.5. The zero-order valence-corrected chi connectivity index (χ0v) is 21.4. The van der Waals surface area contributed by atoms with E-state index in [1.165, 1.54) is 32.1 Å². The average molecular weight is 463 g/mol. The Morgan fingerprint density at radius 1 is 1.11 bits per heavy atom. The van der Waals surface area contributed by atoms with E-state index in [0.717, 1.165) is 24.7 Å². The fraction of sp³-hybridized carbons (Fsp3) is 0.762. The number of amides is 1. The number of carbonyl (C=O) groups is 1. The van der Waals surface area contributed by atoms with E-state index in [1.54, 1.807) is 15.0 Å². The third kappa shape index (κ3) is 4.63. The Hall–Kier alpha value is 0.461. The van der Waals surface area contributed by atoms with Crippen LogP contribution in [0.4, 0.5) is 0 Å². The topological polar surface area (TPSA) is 29.1 Å². The van der Waals surface area contributed by atoms with E-state index >= 15 is 0 Å². The first-order valence-electron chi connectivity index (χ1n) is 10.5. The Bertz CT molecular complexity index is 606. The molecule has 1 N–H and O–H groups in total. The van der Waals surface area contributed by atoms with Crippen molar-refractivity contribution in [3.8, 4) is 0 Å². The maximum atomic E-state index is 13.3. The molecule has 0 unspecified atom stereocenters. The number of nitrogens with one attached hydrogen (secondary N) is 1. The molecule has 151 valence electrons. The molecule has 0 spiro atoms. The first-order valence-corrected chi connectivity index (χ1v) is 17.7. The monoisotopic (exact) mass is 462 g/mol. The number of hydrogen-bond donors (Lipinski definition) is 1. The molecule has 5 aliphatic rings. The fourth-order valence-electron chi connectivity index (χ4n) is 6.53. The molecule has 0 atom stereocenters. The van der Waals surface area contributed by atoms with E-state index in [0.29, 0.717) is 23.7 Å². The minimum Gasteiger partial charge on any atom is -1.00 e. The van der Waals surface area contributed by atoms with E-state index in [2.05, 4.69) is 36.8 Å². The Morgan fingerprint density at radius 3 is 2.11 bits per heavy atom. The predicted molar refractivity (Wildman–Crippen MR) is 103 cm³/mol. The summed E-state index contributed by atoms with van der Waals surface area (Å²) in [6, 6.07) is 0. The SMILES string of the molecule is CCC1=C(C)C[C]([Ti+2]([NH]C(=O)C2C3CC4CC(C3)CC2C4)[SiH](C)C)=C1.[Cl-].[Cl-]. The fourth-order valence-corrected chi connectivity index (χ4v) is 15.9. The maximum absolute atomic E-state index is 13.3. The van der Waals surface area contributed by atoms with Crippen LogP contribution in [0.1, 0.15) is 58.8 Å². The van der Waals surface area contributed by atoms with Crippen LogP contribution in [0.2, 0.25) is 13.1 Å². The zero-order chi connectivity index (χ0) is 17.7. The van der Waals surface area contributed by atoms with Gasteiger partial charge in [-0.1, -0.05) is 0 Å². The van der Waals surface area contributed by atoms with E-state index in [9.17, 15) is 4.79 Å². The molecule has 0 aromatic carbocycles. The summed E-state index contributed by atoms with van der Waals surface area (Å²) in [5, 5.41) is 0. The summed E-state index contributed by atoms with van der Waals surface area (Å²) in [6.45, 7) is 8.67. The molecule has 0 heterocycles. The number of rotatable bonds is 5. The zero-order valence-electron chi connectivity index (χ0n) is 17.2. The molecule has 27 heavy (non-hydrogen) atoms. The molecule has 2 nitrogen and oxygen atoms in total. The molecule has 0 aromatic heterocycles. The summed E-state index contributed by atoms with van der Waals surface area (Å²) in [5.41, 5.74) is 3.10. The summed E-state index contributed by atoms with van der Waals surface area (Å²) in [5.74, 6) is 4.19. The van der Waals surface area contributed by atoms with Crippen LogP contribution in [-0.4, -0.2) is 12.6 Å². The Morgan fingerprint density at radius 2 is 1.67 bits per heavy atom.